The van der Waals surface area contributed by atoms with Gasteiger partial charge in [0.2, 0.25) is 0 Å². The van der Waals surface area contributed by atoms with Gasteiger partial charge in [0, 0.05) is 24.7 Å². The molecule has 0 aliphatic heterocycles. The molecule has 0 radical (unpaired) electrons. The number of pyridine rings is 1. The van der Waals surface area contributed by atoms with Crippen LogP contribution in [0.2, 0.25) is 0 Å². The van der Waals surface area contributed by atoms with E-state index in [9.17, 15) is 8.42 Å². The van der Waals surface area contributed by atoms with Gasteiger partial charge in [-0.25, -0.2) is 8.42 Å². The molecule has 0 aliphatic carbocycles. The van der Waals surface area contributed by atoms with Gasteiger partial charge < -0.3 is 4.90 Å². The molecule has 1 aromatic heterocycles. The lowest BCUT2D eigenvalue weighted by Gasteiger charge is -2.26. The normalized spacial score (nSPS) is 11.8. The number of aromatic nitrogens is 1. The molecular formula is C20H23N3O2S. The van der Waals surface area contributed by atoms with E-state index >= 15 is 0 Å². The molecule has 136 valence electrons. The van der Waals surface area contributed by atoms with Crippen molar-refractivity contribution in [3.05, 3.63) is 66.4 Å². The van der Waals surface area contributed by atoms with Crippen LogP contribution in [0, 0.1) is 6.92 Å². The van der Waals surface area contributed by atoms with Crippen LogP contribution in [0.5, 0.6) is 0 Å². The largest absolute Gasteiger partial charge is 0.308 e. The highest BCUT2D eigenvalue weighted by Crippen LogP contribution is 2.29. The Bertz CT molecular complexity index is 1000. The van der Waals surface area contributed by atoms with Gasteiger partial charge in [-0.3, -0.25) is 9.29 Å². The van der Waals surface area contributed by atoms with E-state index in [1.807, 2.05) is 68.4 Å². The third kappa shape index (κ3) is 3.57. The second kappa shape index (κ2) is 7.43. The standard InChI is InChI=1S/C20H23N3O2S/c1-16-11-12-19(18-10-7-13-21-20(16)18)26(24,25)23(15-14-22(2)3)17-8-5-4-6-9-17/h4-13H,14-15H2,1-3H3. The topological polar surface area (TPSA) is 53.5 Å². The Kier molecular flexibility index (Phi) is 5.25. The summed E-state index contributed by atoms with van der Waals surface area (Å²) in [6.45, 7) is 2.93. The molecule has 3 aromatic rings. The molecule has 0 atom stereocenters. The molecule has 0 spiro atoms. The minimum Gasteiger partial charge on any atom is -0.308 e. The molecule has 0 bridgehead atoms. The molecule has 0 aliphatic rings. The lowest BCUT2D eigenvalue weighted by molar-refractivity contribution is 0.419. The molecule has 0 saturated heterocycles. The number of para-hydroxylation sites is 1. The van der Waals surface area contributed by atoms with Crippen molar-refractivity contribution < 1.29 is 8.42 Å². The Balaban J connectivity index is 2.16. The molecule has 0 amide bonds. The van der Waals surface area contributed by atoms with E-state index in [0.717, 1.165) is 5.56 Å². The lowest BCUT2D eigenvalue weighted by atomic mass is 10.1. The predicted octanol–water partition coefficient (Wildman–Crippen LogP) is 3.30. The summed E-state index contributed by atoms with van der Waals surface area (Å²) in [5, 5.41) is 0.651. The highest BCUT2D eigenvalue weighted by atomic mass is 32.2. The monoisotopic (exact) mass is 369 g/mol. The summed E-state index contributed by atoms with van der Waals surface area (Å²) in [5.41, 5.74) is 2.33. The van der Waals surface area contributed by atoms with Gasteiger partial charge in [0.05, 0.1) is 16.1 Å². The van der Waals surface area contributed by atoms with Gasteiger partial charge in [-0.15, -0.1) is 0 Å². The predicted molar refractivity (Wildman–Crippen MR) is 106 cm³/mol. The summed E-state index contributed by atoms with van der Waals surface area (Å²) in [5.74, 6) is 0. The smallest absolute Gasteiger partial charge is 0.265 e. The van der Waals surface area contributed by atoms with Crippen molar-refractivity contribution in [1.29, 1.82) is 0 Å². The first-order valence-electron chi connectivity index (χ1n) is 8.48. The maximum absolute atomic E-state index is 13.6. The Morgan fingerprint density at radius 3 is 2.35 bits per heavy atom. The van der Waals surface area contributed by atoms with Crippen LogP contribution >= 0.6 is 0 Å². The third-order valence-electron chi connectivity index (χ3n) is 4.29. The molecule has 0 fully saturated rings. The molecule has 2 aromatic carbocycles. The van der Waals surface area contributed by atoms with Crippen LogP contribution in [0.25, 0.3) is 10.9 Å². The van der Waals surface area contributed by atoms with E-state index in [4.69, 9.17) is 0 Å². The van der Waals surface area contributed by atoms with E-state index in [0.29, 0.717) is 29.7 Å². The maximum Gasteiger partial charge on any atom is 0.265 e. The van der Waals surface area contributed by atoms with Crippen molar-refractivity contribution in [2.45, 2.75) is 11.8 Å². The van der Waals surface area contributed by atoms with Crippen LogP contribution in [-0.2, 0) is 10.0 Å². The summed E-state index contributed by atoms with van der Waals surface area (Å²) >= 11 is 0. The number of hydrogen-bond donors (Lipinski definition) is 0. The minimum absolute atomic E-state index is 0.286. The van der Waals surface area contributed by atoms with Crippen molar-refractivity contribution in [3.63, 3.8) is 0 Å². The van der Waals surface area contributed by atoms with E-state index < -0.39 is 10.0 Å². The number of rotatable bonds is 6. The summed E-state index contributed by atoms with van der Waals surface area (Å²) in [7, 11) is 0.137. The van der Waals surface area contributed by atoms with E-state index in [1.165, 1.54) is 4.31 Å². The highest BCUT2D eigenvalue weighted by molar-refractivity contribution is 7.93. The number of hydrogen-bond acceptors (Lipinski definition) is 4. The van der Waals surface area contributed by atoms with Crippen molar-refractivity contribution in [2.24, 2.45) is 0 Å². The quantitative estimate of drug-likeness (QED) is 0.669. The van der Waals surface area contributed by atoms with Crippen molar-refractivity contribution in [2.75, 3.05) is 31.5 Å². The van der Waals surface area contributed by atoms with Gasteiger partial charge in [0.15, 0.2) is 0 Å². The first-order valence-corrected chi connectivity index (χ1v) is 9.92. The average molecular weight is 369 g/mol. The van der Waals surface area contributed by atoms with Gasteiger partial charge in [0.25, 0.3) is 10.0 Å². The van der Waals surface area contributed by atoms with Gasteiger partial charge in [-0.2, -0.15) is 0 Å². The minimum atomic E-state index is -3.73. The van der Waals surface area contributed by atoms with Gasteiger partial charge >= 0.3 is 0 Å². The van der Waals surface area contributed by atoms with Gasteiger partial charge in [-0.05, 0) is 56.9 Å². The molecular weight excluding hydrogens is 346 g/mol. The number of aryl methyl sites for hydroxylation is 1. The first kappa shape index (κ1) is 18.4. The lowest BCUT2D eigenvalue weighted by Crippen LogP contribution is -2.36. The second-order valence-corrected chi connectivity index (χ2v) is 8.33. The number of fused-ring (bicyclic) bond motifs is 1. The number of sulfonamides is 1. The molecule has 0 N–H and O–H groups in total. The van der Waals surface area contributed by atoms with Crippen LogP contribution < -0.4 is 4.31 Å². The highest BCUT2D eigenvalue weighted by Gasteiger charge is 2.27. The van der Waals surface area contributed by atoms with Crippen LogP contribution in [0.3, 0.4) is 0 Å². The molecule has 0 unspecified atom stereocenters. The SMILES string of the molecule is Cc1ccc(S(=O)(=O)N(CCN(C)C)c2ccccc2)c2cccnc12. The van der Waals surface area contributed by atoms with Crippen molar-refractivity contribution in [3.8, 4) is 0 Å². The zero-order valence-corrected chi connectivity index (χ0v) is 16.1. The number of anilines is 1. The summed E-state index contributed by atoms with van der Waals surface area (Å²) in [6.07, 6.45) is 1.69. The number of nitrogens with zero attached hydrogens (tertiary/aromatic N) is 3. The maximum atomic E-state index is 13.6. The molecule has 26 heavy (non-hydrogen) atoms. The van der Waals surface area contributed by atoms with E-state index in [2.05, 4.69) is 4.98 Å². The van der Waals surface area contributed by atoms with Crippen molar-refractivity contribution in [1.82, 2.24) is 9.88 Å². The molecule has 6 heteroatoms. The zero-order chi connectivity index (χ0) is 18.7. The number of benzene rings is 2. The average Bonchev–Trinajstić information content (AvgIpc) is 2.62. The van der Waals surface area contributed by atoms with Crippen LogP contribution in [0.1, 0.15) is 5.56 Å². The number of likely N-dealkylation sites (N-methyl/N-ethyl adjacent to an activating group) is 1. The molecule has 5 nitrogen and oxygen atoms in total. The van der Waals surface area contributed by atoms with E-state index in [-0.39, 0.29) is 4.90 Å². The van der Waals surface area contributed by atoms with Crippen molar-refractivity contribution >= 4 is 26.6 Å². The fourth-order valence-corrected chi connectivity index (χ4v) is 4.55. The van der Waals surface area contributed by atoms with E-state index in [1.54, 1.807) is 18.3 Å². The summed E-state index contributed by atoms with van der Waals surface area (Å²) in [4.78, 5) is 6.63. The molecule has 0 saturated carbocycles. The Hall–Kier alpha value is -2.44. The van der Waals surface area contributed by atoms with Crippen LogP contribution in [0.4, 0.5) is 5.69 Å². The van der Waals surface area contributed by atoms with Crippen LogP contribution in [-0.4, -0.2) is 45.5 Å². The van der Waals surface area contributed by atoms with Gasteiger partial charge in [-0.1, -0.05) is 24.3 Å². The first-order chi connectivity index (χ1) is 12.4. The fourth-order valence-electron chi connectivity index (χ4n) is 2.90. The summed E-state index contributed by atoms with van der Waals surface area (Å²) in [6, 6.07) is 16.3. The second-order valence-electron chi connectivity index (χ2n) is 6.50. The Labute approximate surface area is 154 Å². The summed E-state index contributed by atoms with van der Waals surface area (Å²) < 4.78 is 28.6. The Morgan fingerprint density at radius 1 is 0.923 bits per heavy atom. The molecule has 3 rings (SSSR count). The third-order valence-corrected chi connectivity index (χ3v) is 6.18. The Morgan fingerprint density at radius 2 is 1.65 bits per heavy atom. The van der Waals surface area contributed by atoms with Gasteiger partial charge in [0.1, 0.15) is 0 Å². The zero-order valence-electron chi connectivity index (χ0n) is 15.3. The fraction of sp³-hybridized carbons (Fsp3) is 0.250. The van der Waals surface area contributed by atoms with Crippen LogP contribution in [0.15, 0.2) is 65.7 Å². The molecule has 1 heterocycles.